The summed E-state index contributed by atoms with van der Waals surface area (Å²) in [7, 11) is 0. The van der Waals surface area contributed by atoms with E-state index in [0.717, 1.165) is 12.8 Å². The lowest BCUT2D eigenvalue weighted by Gasteiger charge is -2.17. The number of carbonyl (C=O) groups is 1. The molecule has 0 saturated carbocycles. The minimum atomic E-state index is -4.93. The summed E-state index contributed by atoms with van der Waals surface area (Å²) >= 11 is 0. The number of carbonyl (C=O) groups excluding carboxylic acids is 1. The number of esters is 1. The lowest BCUT2D eigenvalue weighted by Crippen LogP contribution is -2.26. The molecule has 0 aliphatic heterocycles. The van der Waals surface area contributed by atoms with Crippen molar-refractivity contribution in [2.24, 2.45) is 0 Å². The Morgan fingerprint density at radius 3 is 2.15 bits per heavy atom. The molecule has 3 nitrogen and oxygen atoms in total. The fourth-order valence-electron chi connectivity index (χ4n) is 2.68. The molecule has 0 aliphatic rings. The van der Waals surface area contributed by atoms with Crippen LogP contribution >= 0.6 is 0 Å². The Bertz CT molecular complexity index is 566. The van der Waals surface area contributed by atoms with Crippen LogP contribution in [0.2, 0.25) is 0 Å². The smallest absolute Gasteiger partial charge is 0.394 e. The van der Waals surface area contributed by atoms with Gasteiger partial charge in [-0.25, -0.2) is 13.6 Å². The Morgan fingerprint density at radius 2 is 1.63 bits per heavy atom. The molecule has 27 heavy (non-hydrogen) atoms. The summed E-state index contributed by atoms with van der Waals surface area (Å²) < 4.78 is 72.0. The molecule has 0 unspecified atom stereocenters. The van der Waals surface area contributed by atoms with Crippen molar-refractivity contribution in [3.63, 3.8) is 0 Å². The second-order valence-electron chi connectivity index (χ2n) is 6.34. The number of ether oxygens (including phenoxy) is 2. The topological polar surface area (TPSA) is 35.5 Å². The Hall–Kier alpha value is -1.86. The normalized spacial score (nSPS) is 12.3. The van der Waals surface area contributed by atoms with Gasteiger partial charge in [0, 0.05) is 6.42 Å². The number of hydrogen-bond acceptors (Lipinski definition) is 3. The van der Waals surface area contributed by atoms with Crippen LogP contribution in [0.15, 0.2) is 24.3 Å². The zero-order chi connectivity index (χ0) is 20.5. The van der Waals surface area contributed by atoms with E-state index in [9.17, 15) is 26.7 Å². The van der Waals surface area contributed by atoms with Crippen LogP contribution in [0.4, 0.5) is 22.0 Å². The highest BCUT2D eigenvalue weighted by molar-refractivity contribution is 5.71. The molecule has 1 aromatic carbocycles. The van der Waals surface area contributed by atoms with Crippen molar-refractivity contribution < 1.29 is 36.2 Å². The van der Waals surface area contributed by atoms with Crippen molar-refractivity contribution in [3.8, 4) is 5.75 Å². The van der Waals surface area contributed by atoms with Crippen molar-refractivity contribution in [1.82, 2.24) is 0 Å². The Morgan fingerprint density at radius 1 is 1.04 bits per heavy atom. The summed E-state index contributed by atoms with van der Waals surface area (Å²) in [6.07, 6.45) is -6.44. The first-order valence-corrected chi connectivity index (χ1v) is 8.89. The first-order valence-electron chi connectivity index (χ1n) is 8.89. The molecule has 0 amide bonds. The Kier molecular flexibility index (Phi) is 8.99. The van der Waals surface area contributed by atoms with Gasteiger partial charge >= 0.3 is 12.1 Å². The van der Waals surface area contributed by atoms with Gasteiger partial charge in [0.25, 0.3) is 5.92 Å². The predicted octanol–water partition coefficient (Wildman–Crippen LogP) is 5.88. The minimum Gasteiger partial charge on any atom is -0.482 e. The van der Waals surface area contributed by atoms with Crippen LogP contribution in [0.25, 0.3) is 0 Å². The van der Waals surface area contributed by atoms with E-state index in [4.69, 9.17) is 9.47 Å². The number of benzene rings is 1. The van der Waals surface area contributed by atoms with Crippen LogP contribution < -0.4 is 4.74 Å². The van der Waals surface area contributed by atoms with Crippen LogP contribution in [-0.2, 0) is 9.53 Å². The van der Waals surface area contributed by atoms with Crippen molar-refractivity contribution in [1.29, 1.82) is 0 Å². The highest BCUT2D eigenvalue weighted by Gasteiger charge is 2.42. The molecular formula is C19H25F5O3. The molecular weight excluding hydrogens is 371 g/mol. The molecule has 0 spiro atoms. The second-order valence-corrected chi connectivity index (χ2v) is 6.34. The summed E-state index contributed by atoms with van der Waals surface area (Å²) in [6, 6.07) is 7.30. The fourth-order valence-corrected chi connectivity index (χ4v) is 2.68. The van der Waals surface area contributed by atoms with Gasteiger partial charge in [0.1, 0.15) is 12.2 Å². The average Bonchev–Trinajstić information content (AvgIpc) is 2.57. The van der Waals surface area contributed by atoms with E-state index in [1.165, 1.54) is 5.56 Å². The first-order chi connectivity index (χ1) is 12.6. The molecule has 0 aromatic heterocycles. The summed E-state index contributed by atoms with van der Waals surface area (Å²) in [5, 5.41) is 0. The van der Waals surface area contributed by atoms with Gasteiger partial charge in [0.2, 0.25) is 0 Å². The molecule has 1 rings (SSSR count). The fraction of sp³-hybridized carbons (Fsp3) is 0.632. The summed E-state index contributed by atoms with van der Waals surface area (Å²) in [5.41, 5.74) is 1.18. The predicted molar refractivity (Wildman–Crippen MR) is 91.1 cm³/mol. The monoisotopic (exact) mass is 396 g/mol. The summed E-state index contributed by atoms with van der Waals surface area (Å²) in [4.78, 5) is 11.5. The average molecular weight is 396 g/mol. The Balaban J connectivity index is 2.29. The molecule has 1 aromatic rings. The molecule has 0 fully saturated rings. The maximum Gasteiger partial charge on any atom is 0.394 e. The lowest BCUT2D eigenvalue weighted by molar-refractivity contribution is -0.190. The standard InChI is InChI=1S/C19H25F5O3/c1-3-14(4-2)15-6-8-16(9-7-15)27-12-17(25)26-11-5-10-18(20,21)13-19(22,23)24/h6-9,14H,3-5,10-13H2,1-2H3. The molecule has 8 heteroatoms. The van der Waals surface area contributed by atoms with Gasteiger partial charge < -0.3 is 9.47 Å². The van der Waals surface area contributed by atoms with Crippen molar-refractivity contribution in [2.45, 2.75) is 64.0 Å². The van der Waals surface area contributed by atoms with Gasteiger partial charge in [-0.05, 0) is 42.9 Å². The lowest BCUT2D eigenvalue weighted by atomic mass is 9.94. The van der Waals surface area contributed by atoms with E-state index in [2.05, 4.69) is 13.8 Å². The third-order valence-corrected chi connectivity index (χ3v) is 4.10. The molecule has 154 valence electrons. The van der Waals surface area contributed by atoms with Crippen LogP contribution in [0.5, 0.6) is 5.75 Å². The maximum atomic E-state index is 13.1. The first kappa shape index (κ1) is 23.2. The van der Waals surface area contributed by atoms with Crippen molar-refractivity contribution >= 4 is 5.97 Å². The molecule has 0 bridgehead atoms. The second kappa shape index (κ2) is 10.5. The van der Waals surface area contributed by atoms with E-state index in [1.807, 2.05) is 12.1 Å². The third-order valence-electron chi connectivity index (χ3n) is 4.10. The van der Waals surface area contributed by atoms with E-state index in [-0.39, 0.29) is 13.0 Å². The van der Waals surface area contributed by atoms with E-state index < -0.39 is 37.5 Å². The zero-order valence-electron chi connectivity index (χ0n) is 15.5. The number of alkyl halides is 5. The van der Waals surface area contributed by atoms with Gasteiger partial charge in [-0.15, -0.1) is 0 Å². The SMILES string of the molecule is CCC(CC)c1ccc(OCC(=O)OCCCC(F)(F)CC(F)(F)F)cc1. The largest absolute Gasteiger partial charge is 0.482 e. The quantitative estimate of drug-likeness (QED) is 0.266. The van der Waals surface area contributed by atoms with Crippen LogP contribution in [-0.4, -0.2) is 31.3 Å². The number of rotatable bonds is 11. The number of hydrogen-bond donors (Lipinski definition) is 0. The van der Waals surface area contributed by atoms with E-state index >= 15 is 0 Å². The Labute approximate surface area is 155 Å². The van der Waals surface area contributed by atoms with Crippen molar-refractivity contribution in [2.75, 3.05) is 13.2 Å². The highest BCUT2D eigenvalue weighted by Crippen LogP contribution is 2.34. The van der Waals surface area contributed by atoms with Gasteiger partial charge in [-0.1, -0.05) is 26.0 Å². The van der Waals surface area contributed by atoms with Gasteiger partial charge in [-0.3, -0.25) is 0 Å². The number of halogens is 5. The van der Waals surface area contributed by atoms with E-state index in [1.54, 1.807) is 12.1 Å². The van der Waals surface area contributed by atoms with Gasteiger partial charge in [-0.2, -0.15) is 13.2 Å². The third kappa shape index (κ3) is 9.58. The van der Waals surface area contributed by atoms with Crippen LogP contribution in [0, 0.1) is 0 Å². The van der Waals surface area contributed by atoms with Gasteiger partial charge in [0.05, 0.1) is 6.61 Å². The molecule has 0 radical (unpaired) electrons. The zero-order valence-corrected chi connectivity index (χ0v) is 15.5. The van der Waals surface area contributed by atoms with E-state index in [0.29, 0.717) is 11.7 Å². The molecule has 0 N–H and O–H groups in total. The van der Waals surface area contributed by atoms with Crippen LogP contribution in [0.3, 0.4) is 0 Å². The molecule has 0 atom stereocenters. The van der Waals surface area contributed by atoms with Gasteiger partial charge in [0.15, 0.2) is 6.61 Å². The molecule has 0 aliphatic carbocycles. The maximum absolute atomic E-state index is 13.1. The summed E-state index contributed by atoms with van der Waals surface area (Å²) in [5.74, 6) is -3.70. The molecule has 0 heterocycles. The molecule has 0 saturated heterocycles. The minimum absolute atomic E-state index is 0.362. The van der Waals surface area contributed by atoms with Crippen LogP contribution in [0.1, 0.15) is 57.4 Å². The van der Waals surface area contributed by atoms with Crippen molar-refractivity contribution in [3.05, 3.63) is 29.8 Å². The summed E-state index contributed by atoms with van der Waals surface area (Å²) in [6.45, 7) is 3.42. The highest BCUT2D eigenvalue weighted by atomic mass is 19.4.